The van der Waals surface area contributed by atoms with Crippen molar-refractivity contribution in [2.24, 2.45) is 0 Å². The number of nitrogens with one attached hydrogen (secondary N) is 1. The Labute approximate surface area is 201 Å². The zero-order valence-corrected chi connectivity index (χ0v) is 19.1. The minimum Gasteiger partial charge on any atom is -0.497 e. The number of benzene rings is 3. The van der Waals surface area contributed by atoms with Crippen molar-refractivity contribution in [1.29, 1.82) is 0 Å². The first-order chi connectivity index (χ1) is 16.6. The van der Waals surface area contributed by atoms with Crippen LogP contribution in [0.5, 0.6) is 11.5 Å². The highest BCUT2D eigenvalue weighted by atomic mass is 35.5. The number of carbonyl (C=O) groups is 1. The Morgan fingerprint density at radius 1 is 1.03 bits per heavy atom. The standard InChI is InChI=1S/C27H21ClN2O4/c1-32-20-8-10-22-23(15-20)30-27(29-22)26(31)25-12-9-21(34-25)14-18-13-19(28)7-11-24(18)33-16-17-5-3-2-4-6-17/h2-13,15H,14,16H2,1H3,(H,29,30). The molecule has 170 valence electrons. The van der Waals surface area contributed by atoms with E-state index in [9.17, 15) is 4.79 Å². The van der Waals surface area contributed by atoms with Gasteiger partial charge in [-0.2, -0.15) is 0 Å². The highest BCUT2D eigenvalue weighted by Gasteiger charge is 2.19. The molecule has 0 fully saturated rings. The summed E-state index contributed by atoms with van der Waals surface area (Å²) in [5.74, 6) is 2.10. The number of fused-ring (bicyclic) bond motifs is 1. The van der Waals surface area contributed by atoms with Crippen molar-refractivity contribution >= 4 is 28.4 Å². The van der Waals surface area contributed by atoms with E-state index in [1.54, 1.807) is 43.5 Å². The number of ether oxygens (including phenoxy) is 2. The number of aromatic amines is 1. The Bertz CT molecular complexity index is 1460. The first kappa shape index (κ1) is 21.8. The maximum absolute atomic E-state index is 13.0. The van der Waals surface area contributed by atoms with E-state index in [1.165, 1.54) is 0 Å². The lowest BCUT2D eigenvalue weighted by molar-refractivity contribution is 0.0999. The highest BCUT2D eigenvalue weighted by molar-refractivity contribution is 6.30. The predicted molar refractivity (Wildman–Crippen MR) is 130 cm³/mol. The molecule has 0 saturated heterocycles. The molecule has 6 nitrogen and oxygen atoms in total. The number of nitrogens with zero attached hydrogens (tertiary/aromatic N) is 1. The molecule has 3 aromatic carbocycles. The molecule has 34 heavy (non-hydrogen) atoms. The Morgan fingerprint density at radius 2 is 1.88 bits per heavy atom. The summed E-state index contributed by atoms with van der Waals surface area (Å²) < 4.78 is 17.1. The summed E-state index contributed by atoms with van der Waals surface area (Å²) in [6.45, 7) is 0.439. The van der Waals surface area contributed by atoms with Gasteiger partial charge in [-0.15, -0.1) is 0 Å². The normalized spacial score (nSPS) is 11.0. The van der Waals surface area contributed by atoms with Gasteiger partial charge in [-0.25, -0.2) is 4.98 Å². The molecule has 0 unspecified atom stereocenters. The van der Waals surface area contributed by atoms with E-state index in [4.69, 9.17) is 25.5 Å². The van der Waals surface area contributed by atoms with Gasteiger partial charge >= 0.3 is 0 Å². The number of hydrogen-bond acceptors (Lipinski definition) is 5. The molecule has 0 atom stereocenters. The number of halogens is 1. The summed E-state index contributed by atoms with van der Waals surface area (Å²) in [4.78, 5) is 20.4. The number of carbonyl (C=O) groups excluding carboxylic acids is 1. The van der Waals surface area contributed by atoms with Crippen LogP contribution in [0.2, 0.25) is 5.02 Å². The minimum absolute atomic E-state index is 0.204. The quantitative estimate of drug-likeness (QED) is 0.271. The van der Waals surface area contributed by atoms with Crippen LogP contribution in [0.1, 0.15) is 33.3 Å². The van der Waals surface area contributed by atoms with Crippen molar-refractivity contribution in [2.75, 3.05) is 7.11 Å². The van der Waals surface area contributed by atoms with E-state index in [0.717, 1.165) is 11.1 Å². The van der Waals surface area contributed by atoms with E-state index >= 15 is 0 Å². The average Bonchev–Trinajstić information content (AvgIpc) is 3.50. The average molecular weight is 473 g/mol. The van der Waals surface area contributed by atoms with Gasteiger partial charge in [0.05, 0.1) is 18.1 Å². The first-order valence-corrected chi connectivity index (χ1v) is 11.1. The fourth-order valence-corrected chi connectivity index (χ4v) is 3.88. The van der Waals surface area contributed by atoms with Crippen LogP contribution < -0.4 is 9.47 Å². The second-order valence-corrected chi connectivity index (χ2v) is 8.20. The summed E-state index contributed by atoms with van der Waals surface area (Å²) in [7, 11) is 1.59. The van der Waals surface area contributed by atoms with Gasteiger partial charge in [-0.3, -0.25) is 4.79 Å². The molecule has 0 radical (unpaired) electrons. The molecule has 0 amide bonds. The second kappa shape index (κ2) is 9.45. The molecular formula is C27H21ClN2O4. The molecule has 1 N–H and O–H groups in total. The predicted octanol–water partition coefficient (Wildman–Crippen LogP) is 6.22. The fourth-order valence-electron chi connectivity index (χ4n) is 3.68. The SMILES string of the molecule is COc1ccc2nc(C(=O)c3ccc(Cc4cc(Cl)ccc4OCc4ccccc4)o3)[nH]c2c1. The van der Waals surface area contributed by atoms with E-state index in [2.05, 4.69) is 9.97 Å². The third-order valence-electron chi connectivity index (χ3n) is 5.41. The number of aromatic nitrogens is 2. The van der Waals surface area contributed by atoms with Gasteiger partial charge in [0, 0.05) is 23.1 Å². The number of methoxy groups -OCH3 is 1. The van der Waals surface area contributed by atoms with E-state index < -0.39 is 0 Å². The molecule has 0 aliphatic carbocycles. The number of furan rings is 1. The number of imidazole rings is 1. The van der Waals surface area contributed by atoms with Gasteiger partial charge in [0.15, 0.2) is 11.6 Å². The summed E-state index contributed by atoms with van der Waals surface area (Å²) in [6.07, 6.45) is 0.426. The molecule has 0 bridgehead atoms. The molecule has 5 aromatic rings. The monoisotopic (exact) mass is 472 g/mol. The number of hydrogen-bond donors (Lipinski definition) is 1. The number of H-pyrrole nitrogens is 1. The van der Waals surface area contributed by atoms with Gasteiger partial charge in [-0.05, 0) is 48.0 Å². The maximum atomic E-state index is 13.0. The largest absolute Gasteiger partial charge is 0.497 e. The van der Waals surface area contributed by atoms with Crippen molar-refractivity contribution in [3.05, 3.63) is 112 Å². The van der Waals surface area contributed by atoms with Crippen molar-refractivity contribution in [3.8, 4) is 11.5 Å². The van der Waals surface area contributed by atoms with Crippen LogP contribution in [0.15, 0.2) is 83.3 Å². The Kier molecular flexibility index (Phi) is 6.06. The summed E-state index contributed by atoms with van der Waals surface area (Å²) >= 11 is 6.23. The van der Waals surface area contributed by atoms with Crippen LogP contribution in [0.25, 0.3) is 11.0 Å². The molecule has 0 aliphatic heterocycles. The molecule has 0 aliphatic rings. The Hall–Kier alpha value is -4.03. The van der Waals surface area contributed by atoms with Crippen molar-refractivity contribution in [2.45, 2.75) is 13.0 Å². The highest BCUT2D eigenvalue weighted by Crippen LogP contribution is 2.27. The summed E-state index contributed by atoms with van der Waals surface area (Å²) in [5, 5.41) is 0.600. The van der Waals surface area contributed by atoms with E-state index in [-0.39, 0.29) is 17.4 Å². The fraction of sp³-hybridized carbons (Fsp3) is 0.111. The minimum atomic E-state index is -0.326. The van der Waals surface area contributed by atoms with Crippen LogP contribution in [-0.4, -0.2) is 22.9 Å². The van der Waals surface area contributed by atoms with Gasteiger partial charge in [0.25, 0.3) is 5.78 Å². The molecule has 2 heterocycles. The van der Waals surface area contributed by atoms with Crippen molar-refractivity contribution < 1.29 is 18.7 Å². The first-order valence-electron chi connectivity index (χ1n) is 10.7. The van der Waals surface area contributed by atoms with Gasteiger partial charge < -0.3 is 18.9 Å². The molecule has 2 aromatic heterocycles. The van der Waals surface area contributed by atoms with Crippen molar-refractivity contribution in [3.63, 3.8) is 0 Å². The summed E-state index contributed by atoms with van der Waals surface area (Å²) in [6, 6.07) is 24.2. The molecule has 5 rings (SSSR count). The van der Waals surface area contributed by atoms with Crippen LogP contribution in [0, 0.1) is 0 Å². The molecule has 0 spiro atoms. The molecule has 7 heteroatoms. The van der Waals surface area contributed by atoms with Crippen LogP contribution >= 0.6 is 11.6 Å². The maximum Gasteiger partial charge on any atom is 0.263 e. The number of ketones is 1. The number of rotatable bonds is 8. The van der Waals surface area contributed by atoms with Crippen LogP contribution in [-0.2, 0) is 13.0 Å². The van der Waals surface area contributed by atoms with E-state index in [1.807, 2.05) is 42.5 Å². The third kappa shape index (κ3) is 4.67. The zero-order valence-electron chi connectivity index (χ0n) is 18.4. The smallest absolute Gasteiger partial charge is 0.263 e. The third-order valence-corrected chi connectivity index (χ3v) is 5.65. The topological polar surface area (TPSA) is 77.3 Å². The lowest BCUT2D eigenvalue weighted by Gasteiger charge is -2.11. The zero-order chi connectivity index (χ0) is 23.5. The van der Waals surface area contributed by atoms with Crippen LogP contribution in [0.3, 0.4) is 0 Å². The Morgan fingerprint density at radius 3 is 2.71 bits per heavy atom. The van der Waals surface area contributed by atoms with Gasteiger partial charge in [-0.1, -0.05) is 41.9 Å². The second-order valence-electron chi connectivity index (χ2n) is 7.77. The lowest BCUT2D eigenvalue weighted by atomic mass is 10.1. The van der Waals surface area contributed by atoms with Gasteiger partial charge in [0.1, 0.15) is 23.9 Å². The summed E-state index contributed by atoms with van der Waals surface area (Å²) in [5.41, 5.74) is 3.33. The Balaban J connectivity index is 1.34. The van der Waals surface area contributed by atoms with Crippen molar-refractivity contribution in [1.82, 2.24) is 9.97 Å². The van der Waals surface area contributed by atoms with E-state index in [0.29, 0.717) is 46.3 Å². The van der Waals surface area contributed by atoms with Gasteiger partial charge in [0.2, 0.25) is 0 Å². The van der Waals surface area contributed by atoms with Crippen LogP contribution in [0.4, 0.5) is 0 Å². The molecule has 0 saturated carbocycles. The molecular weight excluding hydrogens is 452 g/mol. The lowest BCUT2D eigenvalue weighted by Crippen LogP contribution is -2.02.